The number of hydrogen-bond donors (Lipinski definition) is 1. The molecule has 0 aliphatic rings. The van der Waals surface area contributed by atoms with E-state index in [4.69, 9.17) is 15.2 Å². The van der Waals surface area contributed by atoms with Gasteiger partial charge in [-0.05, 0) is 19.4 Å². The van der Waals surface area contributed by atoms with Gasteiger partial charge in [-0.25, -0.2) is 0 Å². The third-order valence-electron chi connectivity index (χ3n) is 2.16. The summed E-state index contributed by atoms with van der Waals surface area (Å²) in [4.78, 5) is 11.8. The third kappa shape index (κ3) is 4.09. The molecule has 19 heavy (non-hydrogen) atoms. The molecule has 1 aromatic heterocycles. The van der Waals surface area contributed by atoms with Gasteiger partial charge in [0.15, 0.2) is 0 Å². The molecule has 2 N–H and O–H groups in total. The Kier molecular flexibility index (Phi) is 4.12. The standard InChI is InChI=1S/C13H16N4O2/c1-9(2)19-13-16-11(14)15-12(17-13)18-8-10-6-4-3-5-7-10/h3-7,9H,8H2,1-2H3,(H2,14,15,16,17). The molecule has 0 bridgehead atoms. The highest BCUT2D eigenvalue weighted by Crippen LogP contribution is 2.13. The summed E-state index contributed by atoms with van der Waals surface area (Å²) in [5, 5.41) is 0. The lowest BCUT2D eigenvalue weighted by Gasteiger charge is -2.09. The second kappa shape index (κ2) is 5.99. The molecule has 2 aromatic rings. The zero-order valence-electron chi connectivity index (χ0n) is 10.9. The molecule has 100 valence electrons. The molecule has 0 amide bonds. The lowest BCUT2D eigenvalue weighted by Crippen LogP contribution is -2.11. The molecule has 0 fully saturated rings. The number of rotatable bonds is 5. The van der Waals surface area contributed by atoms with E-state index in [1.807, 2.05) is 44.2 Å². The number of benzene rings is 1. The van der Waals surface area contributed by atoms with E-state index >= 15 is 0 Å². The van der Waals surface area contributed by atoms with E-state index in [9.17, 15) is 0 Å². The van der Waals surface area contributed by atoms with Crippen molar-refractivity contribution in [2.24, 2.45) is 0 Å². The molecule has 0 radical (unpaired) electrons. The van der Waals surface area contributed by atoms with Gasteiger partial charge in [-0.15, -0.1) is 4.98 Å². The first-order chi connectivity index (χ1) is 9.13. The fraction of sp³-hybridized carbons (Fsp3) is 0.308. The molecule has 1 aromatic carbocycles. The highest BCUT2D eigenvalue weighted by atomic mass is 16.5. The van der Waals surface area contributed by atoms with E-state index < -0.39 is 0 Å². The zero-order valence-corrected chi connectivity index (χ0v) is 10.9. The molecule has 0 aliphatic carbocycles. The van der Waals surface area contributed by atoms with Gasteiger partial charge in [-0.3, -0.25) is 0 Å². The van der Waals surface area contributed by atoms with Crippen LogP contribution in [-0.2, 0) is 6.61 Å². The van der Waals surface area contributed by atoms with Crippen LogP contribution >= 0.6 is 0 Å². The van der Waals surface area contributed by atoms with Crippen LogP contribution in [0.2, 0.25) is 0 Å². The van der Waals surface area contributed by atoms with Gasteiger partial charge in [0.2, 0.25) is 5.95 Å². The third-order valence-corrected chi connectivity index (χ3v) is 2.16. The van der Waals surface area contributed by atoms with Crippen LogP contribution in [0.4, 0.5) is 5.95 Å². The van der Waals surface area contributed by atoms with Gasteiger partial charge in [-0.2, -0.15) is 9.97 Å². The lowest BCUT2D eigenvalue weighted by molar-refractivity contribution is 0.212. The molecule has 0 saturated heterocycles. The summed E-state index contributed by atoms with van der Waals surface area (Å²) in [5.74, 6) is 0.0775. The highest BCUT2D eigenvalue weighted by molar-refractivity contribution is 5.21. The molecule has 6 heteroatoms. The second-order valence-electron chi connectivity index (χ2n) is 4.20. The van der Waals surface area contributed by atoms with Gasteiger partial charge in [0.1, 0.15) is 6.61 Å². The van der Waals surface area contributed by atoms with Crippen LogP contribution < -0.4 is 15.2 Å². The summed E-state index contributed by atoms with van der Waals surface area (Å²) in [6.07, 6.45) is -0.0382. The first-order valence-electron chi connectivity index (χ1n) is 5.98. The van der Waals surface area contributed by atoms with Crippen LogP contribution in [-0.4, -0.2) is 21.1 Å². The van der Waals surface area contributed by atoms with E-state index in [-0.39, 0.29) is 24.1 Å². The minimum Gasteiger partial charge on any atom is -0.461 e. The fourth-order valence-electron chi connectivity index (χ4n) is 1.40. The van der Waals surface area contributed by atoms with Crippen molar-refractivity contribution in [3.05, 3.63) is 35.9 Å². The predicted molar refractivity (Wildman–Crippen MR) is 70.8 cm³/mol. The van der Waals surface area contributed by atoms with Gasteiger partial charge in [-0.1, -0.05) is 30.3 Å². The van der Waals surface area contributed by atoms with Crippen LogP contribution in [0, 0.1) is 0 Å². The summed E-state index contributed by atoms with van der Waals surface area (Å²) >= 11 is 0. The zero-order chi connectivity index (χ0) is 13.7. The summed E-state index contributed by atoms with van der Waals surface area (Å²) in [7, 11) is 0. The van der Waals surface area contributed by atoms with E-state index in [1.54, 1.807) is 0 Å². The van der Waals surface area contributed by atoms with Crippen molar-refractivity contribution in [2.45, 2.75) is 26.6 Å². The van der Waals surface area contributed by atoms with Crippen LogP contribution in [0.25, 0.3) is 0 Å². The number of anilines is 1. The molecule has 6 nitrogen and oxygen atoms in total. The largest absolute Gasteiger partial charge is 0.461 e. The predicted octanol–water partition coefficient (Wildman–Crippen LogP) is 1.82. The van der Waals surface area contributed by atoms with Crippen LogP contribution in [0.1, 0.15) is 19.4 Å². The van der Waals surface area contributed by atoms with Crippen LogP contribution in [0.15, 0.2) is 30.3 Å². The van der Waals surface area contributed by atoms with Gasteiger partial charge in [0.05, 0.1) is 6.10 Å². The maximum atomic E-state index is 5.58. The first-order valence-corrected chi connectivity index (χ1v) is 5.98. The summed E-state index contributed by atoms with van der Waals surface area (Å²) in [6.45, 7) is 4.13. The molecule has 0 unspecified atom stereocenters. The van der Waals surface area contributed by atoms with Crippen molar-refractivity contribution in [3.63, 3.8) is 0 Å². The van der Waals surface area contributed by atoms with Crippen molar-refractivity contribution in [1.29, 1.82) is 0 Å². The van der Waals surface area contributed by atoms with E-state index in [2.05, 4.69) is 15.0 Å². The highest BCUT2D eigenvalue weighted by Gasteiger charge is 2.08. The fourth-order valence-corrected chi connectivity index (χ4v) is 1.40. The monoisotopic (exact) mass is 260 g/mol. The molecule has 0 spiro atoms. The van der Waals surface area contributed by atoms with Crippen molar-refractivity contribution >= 4 is 5.95 Å². The number of hydrogen-bond acceptors (Lipinski definition) is 6. The number of nitrogens with zero attached hydrogens (tertiary/aromatic N) is 3. The van der Waals surface area contributed by atoms with Gasteiger partial charge < -0.3 is 15.2 Å². The summed E-state index contributed by atoms with van der Waals surface area (Å²) < 4.78 is 10.8. The van der Waals surface area contributed by atoms with Gasteiger partial charge in [0, 0.05) is 0 Å². The first kappa shape index (κ1) is 13.1. The van der Waals surface area contributed by atoms with Gasteiger partial charge in [0.25, 0.3) is 0 Å². The van der Waals surface area contributed by atoms with Crippen LogP contribution in [0.3, 0.4) is 0 Å². The SMILES string of the molecule is CC(C)Oc1nc(N)nc(OCc2ccccc2)n1. The molecular formula is C13H16N4O2. The number of nitrogen functional groups attached to an aromatic ring is 1. The van der Waals surface area contributed by atoms with E-state index in [0.717, 1.165) is 5.56 Å². The van der Waals surface area contributed by atoms with Crippen molar-refractivity contribution in [2.75, 3.05) is 5.73 Å². The topological polar surface area (TPSA) is 83.2 Å². The van der Waals surface area contributed by atoms with E-state index in [0.29, 0.717) is 6.61 Å². The second-order valence-corrected chi connectivity index (χ2v) is 4.20. The molecule has 0 saturated carbocycles. The maximum Gasteiger partial charge on any atom is 0.324 e. The smallest absolute Gasteiger partial charge is 0.324 e. The Hall–Kier alpha value is -2.37. The normalized spacial score (nSPS) is 10.5. The quantitative estimate of drug-likeness (QED) is 0.882. The minimum atomic E-state index is -0.0382. The van der Waals surface area contributed by atoms with Gasteiger partial charge >= 0.3 is 12.0 Å². The van der Waals surface area contributed by atoms with E-state index in [1.165, 1.54) is 0 Å². The molecule has 0 atom stereocenters. The number of ether oxygens (including phenoxy) is 2. The van der Waals surface area contributed by atoms with Crippen LogP contribution in [0.5, 0.6) is 12.0 Å². The maximum absolute atomic E-state index is 5.58. The average Bonchev–Trinajstić information content (AvgIpc) is 2.36. The summed E-state index contributed by atoms with van der Waals surface area (Å²) in [6, 6.07) is 10.1. The Morgan fingerprint density at radius 3 is 2.42 bits per heavy atom. The minimum absolute atomic E-state index is 0.0382. The Labute approximate surface area is 111 Å². The van der Waals surface area contributed by atoms with Crippen molar-refractivity contribution in [3.8, 4) is 12.0 Å². The number of nitrogens with two attached hydrogens (primary N) is 1. The van der Waals surface area contributed by atoms with Crippen molar-refractivity contribution < 1.29 is 9.47 Å². The Bertz CT molecular complexity index is 531. The molecule has 1 heterocycles. The summed E-state index contributed by atoms with van der Waals surface area (Å²) in [5.41, 5.74) is 6.60. The number of aromatic nitrogens is 3. The van der Waals surface area contributed by atoms with Crippen molar-refractivity contribution in [1.82, 2.24) is 15.0 Å². The molecule has 0 aliphatic heterocycles. The Balaban J connectivity index is 2.05. The average molecular weight is 260 g/mol. The lowest BCUT2D eigenvalue weighted by atomic mass is 10.2. The Morgan fingerprint density at radius 2 is 1.74 bits per heavy atom. The molecular weight excluding hydrogens is 244 g/mol. The molecule has 2 rings (SSSR count). The Morgan fingerprint density at radius 1 is 1.05 bits per heavy atom.